The summed E-state index contributed by atoms with van der Waals surface area (Å²) in [5.74, 6) is -0.911. The van der Waals surface area contributed by atoms with Gasteiger partial charge in [-0.3, -0.25) is 0 Å². The molecule has 1 heterocycles. The molecule has 1 aromatic rings. The van der Waals surface area contributed by atoms with Gasteiger partial charge in [0.15, 0.2) is 11.6 Å². The quantitative estimate of drug-likeness (QED) is 0.835. The monoisotopic (exact) mass is 253 g/mol. The summed E-state index contributed by atoms with van der Waals surface area (Å²) >= 11 is 0. The lowest BCUT2D eigenvalue weighted by atomic mass is 9.75. The largest absolute Gasteiger partial charge is 0.490 e. The summed E-state index contributed by atoms with van der Waals surface area (Å²) in [6.45, 7) is 0.415. The van der Waals surface area contributed by atoms with Crippen LogP contribution in [0.1, 0.15) is 43.2 Å². The average molecular weight is 253 g/mol. The van der Waals surface area contributed by atoms with Crippen LogP contribution in [-0.2, 0) is 12.0 Å². The van der Waals surface area contributed by atoms with Crippen LogP contribution in [0.3, 0.4) is 0 Å². The van der Waals surface area contributed by atoms with Gasteiger partial charge in [0.05, 0.1) is 6.61 Å². The summed E-state index contributed by atoms with van der Waals surface area (Å²) in [4.78, 5) is 0. The highest BCUT2D eigenvalue weighted by Gasteiger charge is 2.37. The molecule has 1 saturated carbocycles. The van der Waals surface area contributed by atoms with Gasteiger partial charge in [0.1, 0.15) is 5.82 Å². The van der Waals surface area contributed by atoms with E-state index in [1.165, 1.54) is 0 Å². The molecular formula is C14H17F2NO. The third kappa shape index (κ3) is 1.70. The number of fused-ring (bicyclic) bond motifs is 1. The molecule has 0 radical (unpaired) electrons. The van der Waals surface area contributed by atoms with E-state index in [-0.39, 0.29) is 5.75 Å². The Morgan fingerprint density at radius 2 is 1.83 bits per heavy atom. The molecule has 2 aliphatic rings. The molecule has 0 spiro atoms. The van der Waals surface area contributed by atoms with Crippen LogP contribution in [0.5, 0.6) is 5.75 Å². The number of hydrogen-bond donors (Lipinski definition) is 1. The maximum Gasteiger partial charge on any atom is 0.168 e. The summed E-state index contributed by atoms with van der Waals surface area (Å²) in [6, 6.07) is 0.919. The molecule has 0 unspecified atom stereocenters. The molecule has 1 fully saturated rings. The lowest BCUT2D eigenvalue weighted by molar-refractivity contribution is 0.290. The van der Waals surface area contributed by atoms with Crippen LogP contribution in [-0.4, -0.2) is 6.61 Å². The highest BCUT2D eigenvalue weighted by atomic mass is 19.1. The Morgan fingerprint density at radius 3 is 2.56 bits per heavy atom. The molecule has 0 aromatic heterocycles. The summed E-state index contributed by atoms with van der Waals surface area (Å²) in [5, 5.41) is 0. The highest BCUT2D eigenvalue weighted by molar-refractivity contribution is 5.48. The second-order valence-electron chi connectivity index (χ2n) is 5.34. The molecular weight excluding hydrogens is 236 g/mol. The summed E-state index contributed by atoms with van der Waals surface area (Å²) in [5.41, 5.74) is 6.89. The summed E-state index contributed by atoms with van der Waals surface area (Å²) < 4.78 is 33.0. The van der Waals surface area contributed by atoms with Gasteiger partial charge in [-0.15, -0.1) is 0 Å². The molecule has 98 valence electrons. The van der Waals surface area contributed by atoms with Crippen LogP contribution in [0.25, 0.3) is 0 Å². The SMILES string of the molecule is NC1(c2c(F)cc(F)c3c2CCO3)CCCCC1. The van der Waals surface area contributed by atoms with Gasteiger partial charge in [-0.1, -0.05) is 19.3 Å². The van der Waals surface area contributed by atoms with Crippen LogP contribution < -0.4 is 10.5 Å². The van der Waals surface area contributed by atoms with Crippen molar-refractivity contribution in [2.45, 2.75) is 44.1 Å². The number of benzene rings is 1. The van der Waals surface area contributed by atoms with Crippen LogP contribution in [0.4, 0.5) is 8.78 Å². The van der Waals surface area contributed by atoms with E-state index in [1.807, 2.05) is 0 Å². The van der Waals surface area contributed by atoms with Crippen LogP contribution in [0, 0.1) is 11.6 Å². The van der Waals surface area contributed by atoms with Gasteiger partial charge >= 0.3 is 0 Å². The molecule has 0 atom stereocenters. The van der Waals surface area contributed by atoms with Gasteiger partial charge in [0.2, 0.25) is 0 Å². The van der Waals surface area contributed by atoms with Gasteiger partial charge < -0.3 is 10.5 Å². The molecule has 0 saturated heterocycles. The van der Waals surface area contributed by atoms with Crippen molar-refractivity contribution in [3.8, 4) is 5.75 Å². The van der Waals surface area contributed by atoms with E-state index in [1.54, 1.807) is 0 Å². The lowest BCUT2D eigenvalue weighted by Crippen LogP contribution is -2.40. The molecule has 2 N–H and O–H groups in total. The maximum atomic E-state index is 14.2. The molecule has 0 amide bonds. The normalized spacial score (nSPS) is 21.5. The van der Waals surface area contributed by atoms with Crippen molar-refractivity contribution in [1.82, 2.24) is 0 Å². The minimum Gasteiger partial charge on any atom is -0.490 e. The number of nitrogens with two attached hydrogens (primary N) is 1. The molecule has 2 nitrogen and oxygen atoms in total. The zero-order valence-electron chi connectivity index (χ0n) is 10.3. The zero-order chi connectivity index (χ0) is 12.8. The van der Waals surface area contributed by atoms with Crippen molar-refractivity contribution in [1.29, 1.82) is 0 Å². The fourth-order valence-electron chi connectivity index (χ4n) is 3.27. The predicted octanol–water partition coefficient (Wildman–Crippen LogP) is 3.02. The zero-order valence-corrected chi connectivity index (χ0v) is 10.3. The van der Waals surface area contributed by atoms with Crippen molar-refractivity contribution >= 4 is 0 Å². The van der Waals surface area contributed by atoms with Crippen LogP contribution >= 0.6 is 0 Å². The Labute approximate surface area is 105 Å². The Kier molecular flexibility index (Phi) is 2.77. The number of rotatable bonds is 1. The number of ether oxygens (including phenoxy) is 1. The van der Waals surface area contributed by atoms with Crippen molar-refractivity contribution in [3.05, 3.63) is 28.8 Å². The van der Waals surface area contributed by atoms with Gasteiger partial charge in [0.25, 0.3) is 0 Å². The molecule has 1 aliphatic carbocycles. The minimum absolute atomic E-state index is 0.210. The Hall–Kier alpha value is -1.16. The Morgan fingerprint density at radius 1 is 1.11 bits per heavy atom. The first-order valence-corrected chi connectivity index (χ1v) is 6.55. The van der Waals surface area contributed by atoms with Crippen molar-refractivity contribution in [3.63, 3.8) is 0 Å². The van der Waals surface area contributed by atoms with E-state index >= 15 is 0 Å². The van der Waals surface area contributed by atoms with E-state index in [0.717, 1.165) is 38.2 Å². The fourth-order valence-corrected chi connectivity index (χ4v) is 3.27. The third-order valence-electron chi connectivity index (χ3n) is 4.13. The first kappa shape index (κ1) is 11.9. The van der Waals surface area contributed by atoms with Crippen molar-refractivity contribution in [2.75, 3.05) is 6.61 Å². The fraction of sp³-hybridized carbons (Fsp3) is 0.571. The van der Waals surface area contributed by atoms with Gasteiger partial charge in [-0.05, 0) is 12.8 Å². The second kappa shape index (κ2) is 4.19. The third-order valence-corrected chi connectivity index (χ3v) is 4.13. The second-order valence-corrected chi connectivity index (χ2v) is 5.34. The van der Waals surface area contributed by atoms with Crippen molar-refractivity contribution in [2.24, 2.45) is 5.73 Å². The molecule has 0 bridgehead atoms. The van der Waals surface area contributed by atoms with Gasteiger partial charge in [0, 0.05) is 29.2 Å². The maximum absolute atomic E-state index is 14.2. The van der Waals surface area contributed by atoms with E-state index in [9.17, 15) is 8.78 Å². The minimum atomic E-state index is -0.645. The van der Waals surface area contributed by atoms with E-state index in [2.05, 4.69) is 0 Å². The first-order valence-electron chi connectivity index (χ1n) is 6.55. The Balaban J connectivity index is 2.14. The van der Waals surface area contributed by atoms with Gasteiger partial charge in [-0.25, -0.2) is 8.78 Å². The summed E-state index contributed by atoms with van der Waals surface area (Å²) in [6.07, 6.45) is 5.23. The van der Waals surface area contributed by atoms with E-state index < -0.39 is 17.2 Å². The first-order chi connectivity index (χ1) is 8.62. The van der Waals surface area contributed by atoms with E-state index in [4.69, 9.17) is 10.5 Å². The molecule has 18 heavy (non-hydrogen) atoms. The number of halogens is 2. The van der Waals surface area contributed by atoms with Crippen LogP contribution in [0.2, 0.25) is 0 Å². The molecule has 4 heteroatoms. The van der Waals surface area contributed by atoms with Gasteiger partial charge in [-0.2, -0.15) is 0 Å². The van der Waals surface area contributed by atoms with Crippen molar-refractivity contribution < 1.29 is 13.5 Å². The average Bonchev–Trinajstić information content (AvgIpc) is 2.78. The summed E-state index contributed by atoms with van der Waals surface area (Å²) in [7, 11) is 0. The molecule has 1 aromatic carbocycles. The lowest BCUT2D eigenvalue weighted by Gasteiger charge is -2.35. The Bertz CT molecular complexity index is 481. The predicted molar refractivity (Wildman–Crippen MR) is 64.5 cm³/mol. The highest BCUT2D eigenvalue weighted by Crippen LogP contribution is 2.43. The van der Waals surface area contributed by atoms with E-state index in [0.29, 0.717) is 24.2 Å². The number of hydrogen-bond acceptors (Lipinski definition) is 2. The molecule has 3 rings (SSSR count). The molecule has 1 aliphatic heterocycles. The topological polar surface area (TPSA) is 35.2 Å². The van der Waals surface area contributed by atoms with Crippen LogP contribution in [0.15, 0.2) is 6.07 Å². The standard InChI is InChI=1S/C14H17F2NO/c15-10-8-11(16)13-9(4-7-18-13)12(10)14(17)5-2-1-3-6-14/h8H,1-7,17H2. The smallest absolute Gasteiger partial charge is 0.168 e.